The van der Waals surface area contributed by atoms with E-state index in [1.54, 1.807) is 5.94 Å². The summed E-state index contributed by atoms with van der Waals surface area (Å²) in [5, 5.41) is 19.2. The quantitative estimate of drug-likeness (QED) is 0.559. The molecule has 2 aromatic heterocycles. The summed E-state index contributed by atoms with van der Waals surface area (Å²) in [5.41, 5.74) is 6.37. The number of fused-ring (bicyclic) bond motifs is 1. The molecule has 0 aliphatic carbocycles. The number of hydrogen-bond acceptors (Lipinski definition) is 8. The van der Waals surface area contributed by atoms with Gasteiger partial charge in [0.2, 0.25) is 0 Å². The van der Waals surface area contributed by atoms with E-state index in [1.165, 1.54) is 17.2 Å². The van der Waals surface area contributed by atoms with Crippen LogP contribution in [0.25, 0.3) is 11.2 Å². The lowest BCUT2D eigenvalue weighted by molar-refractivity contribution is -0.0483. The van der Waals surface area contributed by atoms with Crippen LogP contribution in [-0.2, 0) is 9.53 Å². The van der Waals surface area contributed by atoms with E-state index in [0.29, 0.717) is 11.2 Å². The molecule has 2 aromatic rings. The average Bonchev–Trinajstić information content (AvgIpc) is 3.00. The van der Waals surface area contributed by atoms with Crippen LogP contribution in [-0.4, -0.2) is 54.5 Å². The molecule has 4 N–H and O–H groups in total. The first-order valence-electron chi connectivity index (χ1n) is 5.79. The molecule has 1 aliphatic heterocycles. The summed E-state index contributed by atoms with van der Waals surface area (Å²) in [6.45, 7) is -0.429. The van der Waals surface area contributed by atoms with E-state index in [4.69, 9.17) is 15.6 Å². The van der Waals surface area contributed by atoms with Crippen molar-refractivity contribution in [1.82, 2.24) is 19.5 Å². The number of imidazole rings is 1. The normalized spacial score (nSPS) is 26.1. The summed E-state index contributed by atoms with van der Waals surface area (Å²) in [6.07, 6.45) is -0.423. The Labute approximate surface area is 112 Å². The van der Waals surface area contributed by atoms with Crippen LogP contribution in [0.15, 0.2) is 18.2 Å². The van der Waals surface area contributed by atoms with Crippen LogP contribution in [0.2, 0.25) is 0 Å². The predicted molar refractivity (Wildman–Crippen MR) is 65.9 cm³/mol. The molecule has 1 saturated heterocycles. The van der Waals surface area contributed by atoms with Crippen molar-refractivity contribution in [2.45, 2.75) is 18.4 Å². The third-order valence-corrected chi connectivity index (χ3v) is 3.18. The third kappa shape index (κ3) is 1.69. The van der Waals surface area contributed by atoms with Gasteiger partial charge < -0.3 is 20.7 Å². The van der Waals surface area contributed by atoms with Gasteiger partial charge in [-0.15, -0.1) is 0 Å². The van der Waals surface area contributed by atoms with E-state index >= 15 is 0 Å². The molecule has 104 valence electrons. The van der Waals surface area contributed by atoms with E-state index in [1.807, 2.05) is 0 Å². The van der Waals surface area contributed by atoms with Gasteiger partial charge in [-0.2, -0.15) is 0 Å². The number of anilines is 1. The molecule has 20 heavy (non-hydrogen) atoms. The SMILES string of the molecule is Nc1ncnc2c1ncn2[C@@H]1O[C@H](CO)C(=C=O)[C@H]1O. The molecule has 0 saturated carbocycles. The highest BCUT2D eigenvalue weighted by Crippen LogP contribution is 2.33. The van der Waals surface area contributed by atoms with Crippen molar-refractivity contribution < 1.29 is 19.7 Å². The number of aromatic nitrogens is 4. The fraction of sp³-hybridized carbons (Fsp3) is 0.364. The molecule has 1 aliphatic rings. The van der Waals surface area contributed by atoms with Crippen LogP contribution in [0.3, 0.4) is 0 Å². The number of aliphatic hydroxyl groups excluding tert-OH is 2. The Morgan fingerprint density at radius 3 is 2.90 bits per heavy atom. The number of aliphatic hydroxyl groups is 2. The number of nitrogens with two attached hydrogens (primary N) is 1. The van der Waals surface area contributed by atoms with Crippen molar-refractivity contribution in [3.63, 3.8) is 0 Å². The lowest BCUT2D eigenvalue weighted by Gasteiger charge is -2.15. The fourth-order valence-corrected chi connectivity index (χ4v) is 2.20. The number of rotatable bonds is 2. The molecule has 0 bridgehead atoms. The first-order chi connectivity index (χ1) is 9.67. The molecule has 9 heteroatoms. The fourth-order valence-electron chi connectivity index (χ4n) is 2.20. The molecule has 0 spiro atoms. The number of carbonyl (C=O) groups excluding carboxylic acids is 1. The van der Waals surface area contributed by atoms with Crippen molar-refractivity contribution in [2.75, 3.05) is 12.3 Å². The Bertz CT molecular complexity index is 708. The average molecular weight is 277 g/mol. The summed E-state index contributed by atoms with van der Waals surface area (Å²) in [5.74, 6) is 1.81. The maximum atomic E-state index is 10.8. The Kier molecular flexibility index (Phi) is 2.96. The molecule has 3 atom stereocenters. The molecule has 0 radical (unpaired) electrons. The van der Waals surface area contributed by atoms with Gasteiger partial charge in [0.1, 0.15) is 30.0 Å². The largest absolute Gasteiger partial charge is 0.393 e. The predicted octanol–water partition coefficient (Wildman–Crippen LogP) is -1.58. The topological polar surface area (TPSA) is 136 Å². The molecule has 1 fully saturated rings. The van der Waals surface area contributed by atoms with Crippen molar-refractivity contribution in [2.24, 2.45) is 0 Å². The second-order valence-electron chi connectivity index (χ2n) is 4.28. The van der Waals surface area contributed by atoms with Crippen LogP contribution in [0, 0.1) is 0 Å². The van der Waals surface area contributed by atoms with Gasteiger partial charge in [0.05, 0.1) is 18.5 Å². The maximum Gasteiger partial charge on any atom is 0.168 e. The van der Waals surface area contributed by atoms with Gasteiger partial charge in [-0.05, 0) is 0 Å². The summed E-state index contributed by atoms with van der Waals surface area (Å²) in [4.78, 5) is 22.7. The second-order valence-corrected chi connectivity index (χ2v) is 4.28. The zero-order chi connectivity index (χ0) is 14.3. The number of hydrogen-bond donors (Lipinski definition) is 3. The van der Waals surface area contributed by atoms with E-state index in [0.717, 1.165) is 0 Å². The lowest BCUT2D eigenvalue weighted by atomic mass is 10.1. The third-order valence-electron chi connectivity index (χ3n) is 3.18. The summed E-state index contributed by atoms with van der Waals surface area (Å²) in [7, 11) is 0. The number of ether oxygens (including phenoxy) is 1. The second kappa shape index (κ2) is 4.66. The van der Waals surface area contributed by atoms with Crippen molar-refractivity contribution in [1.29, 1.82) is 0 Å². The Morgan fingerprint density at radius 2 is 2.25 bits per heavy atom. The van der Waals surface area contributed by atoms with E-state index in [-0.39, 0.29) is 11.4 Å². The van der Waals surface area contributed by atoms with Gasteiger partial charge in [-0.1, -0.05) is 0 Å². The van der Waals surface area contributed by atoms with Crippen molar-refractivity contribution in [3.05, 3.63) is 18.2 Å². The van der Waals surface area contributed by atoms with Crippen LogP contribution in [0.5, 0.6) is 0 Å². The number of nitrogens with zero attached hydrogens (tertiary/aromatic N) is 4. The van der Waals surface area contributed by atoms with E-state index in [9.17, 15) is 9.90 Å². The van der Waals surface area contributed by atoms with Gasteiger partial charge in [0.15, 0.2) is 17.7 Å². The van der Waals surface area contributed by atoms with Crippen LogP contribution >= 0.6 is 0 Å². The zero-order valence-electron chi connectivity index (χ0n) is 10.2. The number of nitrogen functional groups attached to an aromatic ring is 1. The molecular weight excluding hydrogens is 266 g/mol. The molecule has 0 amide bonds. The van der Waals surface area contributed by atoms with Crippen LogP contribution < -0.4 is 5.73 Å². The molecule has 0 unspecified atom stereocenters. The molecule has 0 aromatic carbocycles. The Balaban J connectivity index is 2.08. The summed E-state index contributed by atoms with van der Waals surface area (Å²) in [6, 6.07) is 0. The first-order valence-corrected chi connectivity index (χ1v) is 5.79. The molecule has 3 rings (SSSR count). The van der Waals surface area contributed by atoms with Gasteiger partial charge in [0.25, 0.3) is 0 Å². The summed E-state index contributed by atoms with van der Waals surface area (Å²) < 4.78 is 6.88. The first kappa shape index (κ1) is 12.7. The summed E-state index contributed by atoms with van der Waals surface area (Å²) >= 11 is 0. The monoisotopic (exact) mass is 277 g/mol. The minimum atomic E-state index is -1.24. The molecule has 3 heterocycles. The van der Waals surface area contributed by atoms with Crippen molar-refractivity contribution in [3.8, 4) is 0 Å². The van der Waals surface area contributed by atoms with Crippen molar-refractivity contribution >= 4 is 22.9 Å². The maximum absolute atomic E-state index is 10.8. The zero-order valence-corrected chi connectivity index (χ0v) is 10.2. The van der Waals surface area contributed by atoms with Gasteiger partial charge >= 0.3 is 0 Å². The molecule has 9 nitrogen and oxygen atoms in total. The highest BCUT2D eigenvalue weighted by molar-refractivity contribution is 5.81. The van der Waals surface area contributed by atoms with Gasteiger partial charge in [-0.3, -0.25) is 4.57 Å². The van der Waals surface area contributed by atoms with Gasteiger partial charge in [0, 0.05) is 0 Å². The Morgan fingerprint density at radius 1 is 1.45 bits per heavy atom. The minimum Gasteiger partial charge on any atom is -0.393 e. The van der Waals surface area contributed by atoms with E-state index < -0.39 is 25.0 Å². The Hall–Kier alpha value is -2.32. The standard InChI is InChI=1S/C11H11N5O4/c12-9-7-10(14-3-13-9)16(4-15-7)11-8(19)5(1-17)6(2-18)20-11/h3-4,6,8,11,18-19H,2H2,(H2,12,13,14)/t6-,8-,11-/m1/s1. The van der Waals surface area contributed by atoms with Crippen LogP contribution in [0.4, 0.5) is 5.82 Å². The lowest BCUT2D eigenvalue weighted by Crippen LogP contribution is -2.20. The van der Waals surface area contributed by atoms with Crippen LogP contribution in [0.1, 0.15) is 6.23 Å². The smallest absolute Gasteiger partial charge is 0.168 e. The molecular formula is C11H11N5O4. The highest BCUT2D eigenvalue weighted by atomic mass is 16.5. The highest BCUT2D eigenvalue weighted by Gasteiger charge is 2.41. The minimum absolute atomic E-state index is 0.0404. The van der Waals surface area contributed by atoms with Gasteiger partial charge in [-0.25, -0.2) is 19.7 Å². The van der Waals surface area contributed by atoms with E-state index in [2.05, 4.69) is 15.0 Å².